The molecule has 2 aromatic carbocycles. The summed E-state index contributed by atoms with van der Waals surface area (Å²) in [5.41, 5.74) is 9.18. The molecule has 0 radical (unpaired) electrons. The maximum absolute atomic E-state index is 12.0. The molecule has 27 heavy (non-hydrogen) atoms. The first-order valence-corrected chi connectivity index (χ1v) is 10.6. The molecule has 2 heterocycles. The third kappa shape index (κ3) is 3.30. The second-order valence-electron chi connectivity index (χ2n) is 7.03. The monoisotopic (exact) mass is 384 g/mol. The highest BCUT2D eigenvalue weighted by atomic mass is 32.2. The number of rotatable bonds is 3. The number of carbonyl (C=O) groups excluding carboxylic acids is 1. The standard InChI is InChI=1S/C20H20N2O4S/c21-20(24)17-10-14(13-2-1-3-15(23)8-13)9-16-18(11-22-19(16)17)12-4-6-27(25,26)7-5-12/h1-3,8-12,22-23H,4-7H2,(H2,21,24). The van der Waals surface area contributed by atoms with Crippen LogP contribution in [-0.4, -0.2) is 35.9 Å². The van der Waals surface area contributed by atoms with Gasteiger partial charge in [0.2, 0.25) is 0 Å². The Bertz CT molecular complexity index is 1130. The van der Waals surface area contributed by atoms with E-state index in [1.165, 1.54) is 0 Å². The number of phenolic OH excluding ortho intramolecular Hbond substituents is 1. The largest absolute Gasteiger partial charge is 0.508 e. The van der Waals surface area contributed by atoms with Crippen molar-refractivity contribution >= 4 is 26.6 Å². The van der Waals surface area contributed by atoms with Crippen LogP contribution in [0.15, 0.2) is 42.6 Å². The van der Waals surface area contributed by atoms with Crippen LogP contribution in [-0.2, 0) is 9.84 Å². The molecule has 4 N–H and O–H groups in total. The number of hydrogen-bond acceptors (Lipinski definition) is 4. The zero-order chi connectivity index (χ0) is 19.2. The van der Waals surface area contributed by atoms with Gasteiger partial charge in [0.1, 0.15) is 15.6 Å². The Morgan fingerprint density at radius 2 is 1.85 bits per heavy atom. The lowest BCUT2D eigenvalue weighted by Gasteiger charge is -2.21. The Morgan fingerprint density at radius 3 is 2.52 bits per heavy atom. The number of aromatic nitrogens is 1. The number of phenols is 1. The summed E-state index contributed by atoms with van der Waals surface area (Å²) in [4.78, 5) is 15.2. The van der Waals surface area contributed by atoms with Gasteiger partial charge in [0.25, 0.3) is 5.91 Å². The number of nitrogens with one attached hydrogen (secondary N) is 1. The summed E-state index contributed by atoms with van der Waals surface area (Å²) in [7, 11) is -2.95. The van der Waals surface area contributed by atoms with Gasteiger partial charge in [0.15, 0.2) is 0 Å². The lowest BCUT2D eigenvalue weighted by Crippen LogP contribution is -2.22. The highest BCUT2D eigenvalue weighted by Crippen LogP contribution is 2.37. The Morgan fingerprint density at radius 1 is 1.11 bits per heavy atom. The smallest absolute Gasteiger partial charge is 0.250 e. The van der Waals surface area contributed by atoms with Crippen molar-refractivity contribution in [3.05, 3.63) is 53.7 Å². The predicted molar refractivity (Wildman–Crippen MR) is 105 cm³/mol. The average molecular weight is 384 g/mol. The number of aromatic amines is 1. The fourth-order valence-corrected chi connectivity index (χ4v) is 5.33. The molecule has 7 heteroatoms. The minimum atomic E-state index is -2.95. The molecule has 3 aromatic rings. The van der Waals surface area contributed by atoms with Crippen molar-refractivity contribution in [2.75, 3.05) is 11.5 Å². The van der Waals surface area contributed by atoms with Gasteiger partial charge in [-0.2, -0.15) is 0 Å². The fraction of sp³-hybridized carbons (Fsp3) is 0.250. The number of amides is 1. The van der Waals surface area contributed by atoms with Gasteiger partial charge in [-0.3, -0.25) is 4.79 Å². The van der Waals surface area contributed by atoms with Crippen LogP contribution in [0.3, 0.4) is 0 Å². The number of primary amides is 1. The lowest BCUT2D eigenvalue weighted by atomic mass is 9.91. The van der Waals surface area contributed by atoms with E-state index in [4.69, 9.17) is 5.73 Å². The van der Waals surface area contributed by atoms with Crippen molar-refractivity contribution in [1.82, 2.24) is 4.98 Å². The molecule has 1 aliphatic heterocycles. The highest BCUT2D eigenvalue weighted by Gasteiger charge is 2.27. The number of aromatic hydroxyl groups is 1. The van der Waals surface area contributed by atoms with Crippen molar-refractivity contribution < 1.29 is 18.3 Å². The molecule has 0 spiro atoms. The molecule has 1 saturated heterocycles. The summed E-state index contributed by atoms with van der Waals surface area (Å²) in [6, 6.07) is 10.5. The molecule has 0 saturated carbocycles. The van der Waals surface area contributed by atoms with E-state index in [1.54, 1.807) is 24.3 Å². The molecule has 0 aliphatic carbocycles. The molecule has 1 amide bonds. The van der Waals surface area contributed by atoms with Crippen molar-refractivity contribution in [3.63, 3.8) is 0 Å². The zero-order valence-corrected chi connectivity index (χ0v) is 15.4. The summed E-state index contributed by atoms with van der Waals surface area (Å²) >= 11 is 0. The second-order valence-corrected chi connectivity index (χ2v) is 9.33. The van der Waals surface area contributed by atoms with Crippen LogP contribution in [0.2, 0.25) is 0 Å². The van der Waals surface area contributed by atoms with E-state index < -0.39 is 15.7 Å². The first-order valence-electron chi connectivity index (χ1n) is 8.79. The summed E-state index contributed by atoms with van der Waals surface area (Å²) in [6.07, 6.45) is 2.99. The normalized spacial score (nSPS) is 17.2. The van der Waals surface area contributed by atoms with E-state index in [-0.39, 0.29) is 23.2 Å². The number of benzene rings is 2. The number of carbonyl (C=O) groups is 1. The Hall–Kier alpha value is -2.80. The first-order chi connectivity index (χ1) is 12.8. The molecule has 1 fully saturated rings. The van der Waals surface area contributed by atoms with Crippen LogP contribution in [0, 0.1) is 0 Å². The Labute approximate surface area is 156 Å². The maximum atomic E-state index is 12.0. The number of hydrogen-bond donors (Lipinski definition) is 3. The van der Waals surface area contributed by atoms with Gasteiger partial charge in [0, 0.05) is 11.6 Å². The molecule has 4 rings (SSSR count). The molecule has 0 bridgehead atoms. The van der Waals surface area contributed by atoms with E-state index in [2.05, 4.69) is 4.98 Å². The summed E-state index contributed by atoms with van der Waals surface area (Å²) in [6.45, 7) is 0. The van der Waals surface area contributed by atoms with Gasteiger partial charge >= 0.3 is 0 Å². The quantitative estimate of drug-likeness (QED) is 0.644. The van der Waals surface area contributed by atoms with Crippen molar-refractivity contribution in [1.29, 1.82) is 0 Å². The van der Waals surface area contributed by atoms with Gasteiger partial charge in [-0.05, 0) is 59.7 Å². The lowest BCUT2D eigenvalue weighted by molar-refractivity contribution is 0.100. The van der Waals surface area contributed by atoms with Crippen molar-refractivity contribution in [3.8, 4) is 16.9 Å². The second kappa shape index (κ2) is 6.42. The number of fused-ring (bicyclic) bond motifs is 1. The Kier molecular flexibility index (Phi) is 4.19. The van der Waals surface area contributed by atoms with E-state index in [1.807, 2.05) is 18.3 Å². The fourth-order valence-electron chi connectivity index (χ4n) is 3.84. The third-order valence-electron chi connectivity index (χ3n) is 5.26. The summed E-state index contributed by atoms with van der Waals surface area (Å²) < 4.78 is 23.5. The van der Waals surface area contributed by atoms with Gasteiger partial charge in [-0.25, -0.2) is 8.42 Å². The average Bonchev–Trinajstić information content (AvgIpc) is 3.04. The first kappa shape index (κ1) is 17.6. The molecule has 1 aromatic heterocycles. The van der Waals surface area contributed by atoms with Crippen LogP contribution in [0.25, 0.3) is 22.0 Å². The molecule has 0 atom stereocenters. The third-order valence-corrected chi connectivity index (χ3v) is 6.98. The summed E-state index contributed by atoms with van der Waals surface area (Å²) in [5.74, 6) is 0.0717. The number of nitrogens with two attached hydrogens (primary N) is 1. The van der Waals surface area contributed by atoms with E-state index in [9.17, 15) is 18.3 Å². The van der Waals surface area contributed by atoms with Crippen LogP contribution in [0.1, 0.15) is 34.7 Å². The molecule has 0 unspecified atom stereocenters. The predicted octanol–water partition coefficient (Wildman–Crippen LogP) is 2.93. The molecular weight excluding hydrogens is 364 g/mol. The zero-order valence-electron chi connectivity index (χ0n) is 14.6. The SMILES string of the molecule is NC(=O)c1cc(-c2cccc(O)c2)cc2c(C3CCS(=O)(=O)CC3)c[nH]c12. The van der Waals surface area contributed by atoms with E-state index >= 15 is 0 Å². The number of sulfone groups is 1. The van der Waals surface area contributed by atoms with Gasteiger partial charge in [-0.15, -0.1) is 0 Å². The van der Waals surface area contributed by atoms with Crippen LogP contribution in [0.5, 0.6) is 5.75 Å². The highest BCUT2D eigenvalue weighted by molar-refractivity contribution is 7.91. The van der Waals surface area contributed by atoms with Crippen molar-refractivity contribution in [2.24, 2.45) is 5.73 Å². The van der Waals surface area contributed by atoms with E-state index in [0.29, 0.717) is 23.9 Å². The van der Waals surface area contributed by atoms with Gasteiger partial charge in [0.05, 0.1) is 22.6 Å². The molecule has 140 valence electrons. The summed E-state index contributed by atoms with van der Waals surface area (Å²) in [5, 5.41) is 10.6. The minimum Gasteiger partial charge on any atom is -0.508 e. The molecule has 1 aliphatic rings. The van der Waals surface area contributed by atoms with Gasteiger partial charge in [-0.1, -0.05) is 12.1 Å². The van der Waals surface area contributed by atoms with Crippen LogP contribution in [0.4, 0.5) is 0 Å². The van der Waals surface area contributed by atoms with Gasteiger partial charge < -0.3 is 15.8 Å². The van der Waals surface area contributed by atoms with E-state index in [0.717, 1.165) is 22.1 Å². The number of H-pyrrole nitrogens is 1. The molecule has 6 nitrogen and oxygen atoms in total. The molecular formula is C20H20N2O4S. The maximum Gasteiger partial charge on any atom is 0.250 e. The minimum absolute atomic E-state index is 0.113. The topological polar surface area (TPSA) is 113 Å². The van der Waals surface area contributed by atoms with Crippen molar-refractivity contribution in [2.45, 2.75) is 18.8 Å². The Balaban J connectivity index is 1.86. The van der Waals surface area contributed by atoms with Crippen LogP contribution >= 0.6 is 0 Å². The van der Waals surface area contributed by atoms with Crippen LogP contribution < -0.4 is 5.73 Å².